The number of amides is 1. The van der Waals surface area contributed by atoms with Gasteiger partial charge >= 0.3 is 5.97 Å². The SMILES string of the molecule is COc1cccc([C@@H]2C(=C(O)c3ccc(Cl)cc3)C(=O)C(=O)N2CCCCCC(=O)O)c1. The Morgan fingerprint density at radius 2 is 1.78 bits per heavy atom. The number of ketones is 1. The molecule has 3 rings (SSSR count). The number of benzene rings is 2. The molecule has 0 aliphatic carbocycles. The van der Waals surface area contributed by atoms with E-state index >= 15 is 0 Å². The summed E-state index contributed by atoms with van der Waals surface area (Å²) in [6.45, 7) is 0.253. The number of hydrogen-bond donors (Lipinski definition) is 2. The third-order valence-electron chi connectivity index (χ3n) is 5.36. The Morgan fingerprint density at radius 1 is 1.06 bits per heavy atom. The number of aliphatic hydroxyl groups is 1. The van der Waals surface area contributed by atoms with E-state index in [1.165, 1.54) is 12.0 Å². The number of likely N-dealkylation sites (tertiary alicyclic amines) is 1. The van der Waals surface area contributed by atoms with E-state index in [-0.39, 0.29) is 24.3 Å². The van der Waals surface area contributed by atoms with Crippen LogP contribution in [0.25, 0.3) is 5.76 Å². The molecule has 2 aromatic rings. The number of rotatable bonds is 9. The molecule has 32 heavy (non-hydrogen) atoms. The summed E-state index contributed by atoms with van der Waals surface area (Å²) < 4.78 is 5.30. The molecular formula is C24H24ClNO6. The van der Waals surface area contributed by atoms with Crippen LogP contribution in [0.15, 0.2) is 54.1 Å². The van der Waals surface area contributed by atoms with Gasteiger partial charge in [0.2, 0.25) is 0 Å². The lowest BCUT2D eigenvalue weighted by atomic mass is 9.95. The van der Waals surface area contributed by atoms with Crippen LogP contribution in [0, 0.1) is 0 Å². The molecule has 1 aliphatic heterocycles. The Labute approximate surface area is 190 Å². The third kappa shape index (κ3) is 5.11. The highest BCUT2D eigenvalue weighted by molar-refractivity contribution is 6.46. The van der Waals surface area contributed by atoms with Crippen LogP contribution in [0.5, 0.6) is 5.75 Å². The number of aliphatic carboxylic acids is 1. The van der Waals surface area contributed by atoms with Crippen molar-refractivity contribution < 1.29 is 29.3 Å². The van der Waals surface area contributed by atoms with Gasteiger partial charge in [0.05, 0.1) is 18.7 Å². The zero-order valence-electron chi connectivity index (χ0n) is 17.6. The smallest absolute Gasteiger partial charge is 0.303 e. The van der Waals surface area contributed by atoms with Crippen molar-refractivity contribution in [2.75, 3.05) is 13.7 Å². The Balaban J connectivity index is 1.99. The van der Waals surface area contributed by atoms with E-state index in [2.05, 4.69) is 0 Å². The van der Waals surface area contributed by atoms with E-state index in [1.54, 1.807) is 48.5 Å². The van der Waals surface area contributed by atoms with Gasteiger partial charge in [-0.1, -0.05) is 30.2 Å². The predicted molar refractivity (Wildman–Crippen MR) is 120 cm³/mol. The molecule has 1 amide bonds. The van der Waals surface area contributed by atoms with Crippen molar-refractivity contribution in [3.8, 4) is 5.75 Å². The summed E-state index contributed by atoms with van der Waals surface area (Å²) in [7, 11) is 1.52. The molecule has 2 aromatic carbocycles. The van der Waals surface area contributed by atoms with Crippen LogP contribution in [-0.4, -0.2) is 46.4 Å². The number of ether oxygens (including phenoxy) is 1. The van der Waals surface area contributed by atoms with Gasteiger partial charge in [0.15, 0.2) is 0 Å². The summed E-state index contributed by atoms with van der Waals surface area (Å²) >= 11 is 5.93. The number of nitrogens with zero attached hydrogens (tertiary/aromatic N) is 1. The molecule has 1 heterocycles. The number of carbonyl (C=O) groups is 3. The molecule has 1 fully saturated rings. The maximum atomic E-state index is 13.0. The van der Waals surface area contributed by atoms with Gasteiger partial charge in [-0.15, -0.1) is 0 Å². The molecule has 168 valence electrons. The number of Topliss-reactive ketones (excluding diaryl/α,β-unsaturated/α-hetero) is 1. The lowest BCUT2D eigenvalue weighted by molar-refractivity contribution is -0.140. The van der Waals surface area contributed by atoms with Gasteiger partial charge in [-0.3, -0.25) is 14.4 Å². The van der Waals surface area contributed by atoms with Crippen molar-refractivity contribution in [3.63, 3.8) is 0 Å². The zero-order valence-corrected chi connectivity index (χ0v) is 18.3. The van der Waals surface area contributed by atoms with Crippen molar-refractivity contribution in [1.29, 1.82) is 0 Å². The molecule has 0 radical (unpaired) electrons. The first-order valence-electron chi connectivity index (χ1n) is 10.2. The fraction of sp³-hybridized carbons (Fsp3) is 0.292. The lowest BCUT2D eigenvalue weighted by Gasteiger charge is -2.25. The summed E-state index contributed by atoms with van der Waals surface area (Å²) in [5, 5.41) is 20.3. The number of hydrogen-bond acceptors (Lipinski definition) is 5. The van der Waals surface area contributed by atoms with E-state index in [0.717, 1.165) is 0 Å². The second-order valence-corrected chi connectivity index (χ2v) is 7.92. The van der Waals surface area contributed by atoms with Crippen LogP contribution in [0.2, 0.25) is 5.02 Å². The van der Waals surface area contributed by atoms with Crippen molar-refractivity contribution in [2.24, 2.45) is 0 Å². The molecule has 0 spiro atoms. The van der Waals surface area contributed by atoms with Crippen molar-refractivity contribution >= 4 is 35.0 Å². The zero-order chi connectivity index (χ0) is 23.3. The number of carboxylic acids is 1. The summed E-state index contributed by atoms with van der Waals surface area (Å²) in [6, 6.07) is 12.6. The number of unbranched alkanes of at least 4 members (excludes halogenated alkanes) is 2. The maximum Gasteiger partial charge on any atom is 0.303 e. The van der Waals surface area contributed by atoms with Gasteiger partial charge in [0.1, 0.15) is 11.5 Å². The molecule has 0 bridgehead atoms. The van der Waals surface area contributed by atoms with E-state index in [9.17, 15) is 19.5 Å². The van der Waals surface area contributed by atoms with Crippen LogP contribution in [0.4, 0.5) is 0 Å². The number of methoxy groups -OCH3 is 1. The summed E-state index contributed by atoms with van der Waals surface area (Å²) in [4.78, 5) is 38.0. The normalized spacial score (nSPS) is 17.6. The average molecular weight is 458 g/mol. The largest absolute Gasteiger partial charge is 0.507 e. The Morgan fingerprint density at radius 3 is 2.44 bits per heavy atom. The number of halogens is 1. The molecule has 0 unspecified atom stereocenters. The number of carboxylic acid groups (broad SMARTS) is 1. The van der Waals surface area contributed by atoms with Crippen molar-refractivity contribution in [2.45, 2.75) is 31.7 Å². The number of carbonyl (C=O) groups excluding carboxylic acids is 2. The summed E-state index contributed by atoms with van der Waals surface area (Å²) in [5.41, 5.74) is 1.00. The highest BCUT2D eigenvalue weighted by Crippen LogP contribution is 2.40. The van der Waals surface area contributed by atoms with Crippen LogP contribution < -0.4 is 4.74 Å². The van der Waals surface area contributed by atoms with Gasteiger partial charge < -0.3 is 19.8 Å². The van der Waals surface area contributed by atoms with E-state index in [0.29, 0.717) is 41.2 Å². The minimum atomic E-state index is -0.871. The van der Waals surface area contributed by atoms with E-state index < -0.39 is 23.7 Å². The van der Waals surface area contributed by atoms with Gasteiger partial charge in [-0.2, -0.15) is 0 Å². The standard InChI is InChI=1S/C24H24ClNO6/c1-32-18-7-5-6-16(14-18)21-20(22(29)15-9-11-17(25)12-10-15)23(30)24(31)26(21)13-4-2-3-8-19(27)28/h5-7,9-12,14,21,29H,2-4,8,13H2,1H3,(H,27,28)/t21-/m1/s1. The Hall–Kier alpha value is -3.32. The van der Waals surface area contributed by atoms with Crippen LogP contribution >= 0.6 is 11.6 Å². The molecular weight excluding hydrogens is 434 g/mol. The Bertz CT molecular complexity index is 1050. The fourth-order valence-electron chi connectivity index (χ4n) is 3.77. The van der Waals surface area contributed by atoms with E-state index in [1.807, 2.05) is 0 Å². The summed E-state index contributed by atoms with van der Waals surface area (Å²) in [6.07, 6.45) is 1.65. The van der Waals surface area contributed by atoms with Gasteiger partial charge in [0.25, 0.3) is 11.7 Å². The average Bonchev–Trinajstić information content (AvgIpc) is 3.03. The molecule has 1 atom stereocenters. The molecule has 1 saturated heterocycles. The quantitative estimate of drug-likeness (QED) is 0.250. The molecule has 1 aliphatic rings. The first kappa shape index (κ1) is 23.3. The second kappa shape index (κ2) is 10.3. The topological polar surface area (TPSA) is 104 Å². The number of aliphatic hydroxyl groups excluding tert-OH is 1. The summed E-state index contributed by atoms with van der Waals surface area (Å²) in [5.74, 6) is -2.06. The molecule has 7 nitrogen and oxygen atoms in total. The van der Waals surface area contributed by atoms with Crippen LogP contribution in [0.1, 0.15) is 42.9 Å². The fourth-order valence-corrected chi connectivity index (χ4v) is 3.89. The maximum absolute atomic E-state index is 13.0. The molecule has 0 saturated carbocycles. The van der Waals surface area contributed by atoms with Crippen LogP contribution in [-0.2, 0) is 14.4 Å². The molecule has 2 N–H and O–H groups in total. The monoisotopic (exact) mass is 457 g/mol. The molecule has 8 heteroatoms. The predicted octanol–water partition coefficient (Wildman–Crippen LogP) is 4.42. The van der Waals surface area contributed by atoms with Crippen LogP contribution in [0.3, 0.4) is 0 Å². The highest BCUT2D eigenvalue weighted by Gasteiger charge is 2.45. The lowest BCUT2D eigenvalue weighted by Crippen LogP contribution is -2.30. The molecule has 0 aromatic heterocycles. The van der Waals surface area contributed by atoms with Gasteiger partial charge in [-0.05, 0) is 54.8 Å². The third-order valence-corrected chi connectivity index (χ3v) is 5.61. The minimum Gasteiger partial charge on any atom is -0.507 e. The first-order chi connectivity index (χ1) is 15.3. The van der Waals surface area contributed by atoms with Gasteiger partial charge in [0, 0.05) is 23.6 Å². The van der Waals surface area contributed by atoms with Crippen molar-refractivity contribution in [3.05, 3.63) is 70.3 Å². The van der Waals surface area contributed by atoms with E-state index in [4.69, 9.17) is 21.4 Å². The second-order valence-electron chi connectivity index (χ2n) is 7.48. The highest BCUT2D eigenvalue weighted by atomic mass is 35.5. The first-order valence-corrected chi connectivity index (χ1v) is 10.6. The Kier molecular flexibility index (Phi) is 7.53. The van der Waals surface area contributed by atoms with Gasteiger partial charge in [-0.25, -0.2) is 0 Å². The van der Waals surface area contributed by atoms with Crippen molar-refractivity contribution in [1.82, 2.24) is 4.90 Å². The minimum absolute atomic E-state index is 0.00360.